The molecule has 4 atom stereocenters. The Balaban J connectivity index is 1.71. The molecule has 222 valence electrons. The number of hydrogen-bond donors (Lipinski definition) is 4. The van der Waals surface area contributed by atoms with Gasteiger partial charge in [-0.05, 0) is 53.8 Å². The molecule has 1 fully saturated rings. The van der Waals surface area contributed by atoms with E-state index in [4.69, 9.17) is 23.2 Å². The Morgan fingerprint density at radius 3 is 2.47 bits per heavy atom. The number of carbonyl (C=O) groups is 2. The molecular formula is C32H28Cl2F2N4O3. The van der Waals surface area contributed by atoms with Crippen LogP contribution in [0.3, 0.4) is 0 Å². The van der Waals surface area contributed by atoms with Gasteiger partial charge in [0.1, 0.15) is 22.7 Å². The molecule has 0 radical (unpaired) electrons. The number of carboxylic acid groups (broad SMARTS) is 1. The number of carbonyl (C=O) groups excluding carboxylic acids is 1. The normalized spacial score (nSPS) is 22.0. The van der Waals surface area contributed by atoms with Gasteiger partial charge in [0.25, 0.3) is 0 Å². The maximum atomic E-state index is 15.9. The Morgan fingerprint density at radius 2 is 1.81 bits per heavy atom. The number of benzene rings is 3. The summed E-state index contributed by atoms with van der Waals surface area (Å²) in [4.78, 5) is 28.5. The molecular weight excluding hydrogens is 597 g/mol. The SMILES string of the molecule is CC(C)(C)CC1NC(C(=O)Nc2cccc3[nH]c(C(=O)O)cc23)C(c2cccc(Cl)c2F)C1(C#N)c1ccc(Cl)cc1F. The van der Waals surface area contributed by atoms with Gasteiger partial charge in [-0.15, -0.1) is 0 Å². The van der Waals surface area contributed by atoms with Gasteiger partial charge < -0.3 is 20.7 Å². The number of H-pyrrole nitrogens is 1. The molecule has 4 unspecified atom stereocenters. The van der Waals surface area contributed by atoms with Crippen molar-refractivity contribution in [1.82, 2.24) is 10.3 Å². The lowest BCUT2D eigenvalue weighted by molar-refractivity contribution is -0.118. The predicted octanol–water partition coefficient (Wildman–Crippen LogP) is 7.41. The first-order valence-electron chi connectivity index (χ1n) is 13.5. The van der Waals surface area contributed by atoms with E-state index in [9.17, 15) is 20.0 Å². The summed E-state index contributed by atoms with van der Waals surface area (Å²) in [6.45, 7) is 5.85. The van der Waals surface area contributed by atoms with Crippen LogP contribution in [0, 0.1) is 28.4 Å². The van der Waals surface area contributed by atoms with E-state index >= 15 is 8.78 Å². The number of halogens is 4. The van der Waals surface area contributed by atoms with E-state index in [0.717, 1.165) is 6.07 Å². The summed E-state index contributed by atoms with van der Waals surface area (Å²) in [5.41, 5.74) is -1.51. The van der Waals surface area contributed by atoms with Crippen molar-refractivity contribution in [3.05, 3.63) is 99.2 Å². The van der Waals surface area contributed by atoms with Crippen molar-refractivity contribution in [2.45, 2.75) is 50.6 Å². The maximum Gasteiger partial charge on any atom is 0.352 e. The number of fused-ring (bicyclic) bond motifs is 1. The highest BCUT2D eigenvalue weighted by atomic mass is 35.5. The predicted molar refractivity (Wildman–Crippen MR) is 162 cm³/mol. The molecule has 0 spiro atoms. The van der Waals surface area contributed by atoms with Crippen LogP contribution >= 0.6 is 23.2 Å². The Kier molecular flexibility index (Phi) is 7.99. The molecule has 1 amide bonds. The molecule has 11 heteroatoms. The number of anilines is 1. The van der Waals surface area contributed by atoms with Crippen LogP contribution in [0.15, 0.2) is 60.7 Å². The van der Waals surface area contributed by atoms with Crippen molar-refractivity contribution in [3.8, 4) is 6.07 Å². The fraction of sp³-hybridized carbons (Fsp3) is 0.281. The van der Waals surface area contributed by atoms with Crippen LogP contribution in [0.1, 0.15) is 54.7 Å². The van der Waals surface area contributed by atoms with Crippen molar-refractivity contribution in [3.63, 3.8) is 0 Å². The summed E-state index contributed by atoms with van der Waals surface area (Å²) < 4.78 is 31.6. The molecule has 1 aromatic heterocycles. The number of carboxylic acids is 1. The standard InChI is InChI=1S/C32H28Cl2F2N4O3/c1-31(2,3)14-25-32(15-37,19-11-10-16(33)12-21(19)35)26(17-6-4-7-20(34)27(17)36)28(40-25)29(41)39-23-9-5-8-22-18(23)13-24(38-22)30(42)43/h4-13,25-26,28,38,40H,14H2,1-3H3,(H,39,41)(H,42,43). The van der Waals surface area contributed by atoms with Crippen LogP contribution in [-0.4, -0.2) is 34.1 Å². The third-order valence-electron chi connectivity index (χ3n) is 7.88. The molecule has 1 aliphatic rings. The Hall–Kier alpha value is -3.97. The minimum Gasteiger partial charge on any atom is -0.477 e. The highest BCUT2D eigenvalue weighted by molar-refractivity contribution is 6.31. The second kappa shape index (κ2) is 11.3. The molecule has 3 aromatic carbocycles. The number of aromatic nitrogens is 1. The third-order valence-corrected chi connectivity index (χ3v) is 8.41. The fourth-order valence-corrected chi connectivity index (χ4v) is 6.49. The fourth-order valence-electron chi connectivity index (χ4n) is 6.15. The van der Waals surface area contributed by atoms with E-state index in [0.29, 0.717) is 23.0 Å². The van der Waals surface area contributed by atoms with Gasteiger partial charge in [0.05, 0.1) is 22.8 Å². The molecule has 43 heavy (non-hydrogen) atoms. The van der Waals surface area contributed by atoms with E-state index in [-0.39, 0.29) is 26.9 Å². The average Bonchev–Trinajstić information content (AvgIpc) is 3.50. The minimum atomic E-state index is -1.77. The highest BCUT2D eigenvalue weighted by Crippen LogP contribution is 2.53. The van der Waals surface area contributed by atoms with Crippen LogP contribution < -0.4 is 10.6 Å². The number of aromatic carboxylic acids is 1. The van der Waals surface area contributed by atoms with E-state index in [1.807, 2.05) is 20.8 Å². The van der Waals surface area contributed by atoms with Crippen LogP contribution in [0.4, 0.5) is 14.5 Å². The number of aromatic amines is 1. The van der Waals surface area contributed by atoms with Crippen molar-refractivity contribution < 1.29 is 23.5 Å². The molecule has 0 aliphatic carbocycles. The highest BCUT2D eigenvalue weighted by Gasteiger charge is 2.61. The van der Waals surface area contributed by atoms with Crippen molar-refractivity contribution >= 4 is 51.7 Å². The summed E-state index contributed by atoms with van der Waals surface area (Å²) in [5, 5.41) is 26.9. The number of hydrogen-bond acceptors (Lipinski definition) is 4. The second-order valence-corrected chi connectivity index (χ2v) is 12.8. The van der Waals surface area contributed by atoms with Gasteiger partial charge in [-0.3, -0.25) is 4.79 Å². The van der Waals surface area contributed by atoms with Gasteiger partial charge in [-0.25, -0.2) is 13.6 Å². The summed E-state index contributed by atoms with van der Waals surface area (Å²) in [7, 11) is 0. The number of nitriles is 1. The van der Waals surface area contributed by atoms with Crippen LogP contribution in [0.2, 0.25) is 10.0 Å². The largest absolute Gasteiger partial charge is 0.477 e. The van der Waals surface area contributed by atoms with E-state index in [2.05, 4.69) is 21.7 Å². The molecule has 2 heterocycles. The van der Waals surface area contributed by atoms with E-state index in [1.54, 1.807) is 18.2 Å². The average molecular weight is 626 g/mol. The van der Waals surface area contributed by atoms with Crippen LogP contribution in [0.25, 0.3) is 10.9 Å². The first-order chi connectivity index (χ1) is 20.3. The molecule has 4 N–H and O–H groups in total. The van der Waals surface area contributed by atoms with Crippen molar-refractivity contribution in [1.29, 1.82) is 5.26 Å². The van der Waals surface area contributed by atoms with Crippen molar-refractivity contribution in [2.75, 3.05) is 5.32 Å². The van der Waals surface area contributed by atoms with Crippen LogP contribution in [-0.2, 0) is 10.2 Å². The molecule has 1 aliphatic heterocycles. The number of nitrogens with zero attached hydrogens (tertiary/aromatic N) is 1. The number of nitrogens with one attached hydrogen (secondary N) is 3. The molecule has 1 saturated heterocycles. The second-order valence-electron chi connectivity index (χ2n) is 11.9. The summed E-state index contributed by atoms with van der Waals surface area (Å²) in [6, 6.07) is 14.8. The smallest absolute Gasteiger partial charge is 0.352 e. The van der Waals surface area contributed by atoms with Crippen molar-refractivity contribution in [2.24, 2.45) is 5.41 Å². The molecule has 4 aromatic rings. The minimum absolute atomic E-state index is 0.0273. The van der Waals surface area contributed by atoms with Gasteiger partial charge in [0.2, 0.25) is 5.91 Å². The number of amides is 1. The van der Waals surface area contributed by atoms with E-state index in [1.165, 1.54) is 36.4 Å². The lowest BCUT2D eigenvalue weighted by atomic mass is 9.62. The summed E-state index contributed by atoms with van der Waals surface area (Å²) >= 11 is 12.3. The van der Waals surface area contributed by atoms with Gasteiger partial charge in [-0.2, -0.15) is 5.26 Å². The zero-order valence-corrected chi connectivity index (χ0v) is 24.9. The van der Waals surface area contributed by atoms with E-state index < -0.39 is 52.3 Å². The topological polar surface area (TPSA) is 118 Å². The first-order valence-corrected chi connectivity index (χ1v) is 14.2. The molecule has 5 rings (SSSR count). The van der Waals surface area contributed by atoms with Crippen LogP contribution in [0.5, 0.6) is 0 Å². The quantitative estimate of drug-likeness (QED) is 0.178. The third kappa shape index (κ3) is 5.47. The molecule has 7 nitrogen and oxygen atoms in total. The van der Waals surface area contributed by atoms with Gasteiger partial charge in [0.15, 0.2) is 0 Å². The summed E-state index contributed by atoms with van der Waals surface area (Å²) in [6.07, 6.45) is 0.320. The van der Waals surface area contributed by atoms with Gasteiger partial charge in [-0.1, -0.05) is 68.2 Å². The monoisotopic (exact) mass is 624 g/mol. The Bertz CT molecular complexity index is 1800. The summed E-state index contributed by atoms with van der Waals surface area (Å²) in [5.74, 6) is -4.62. The zero-order chi connectivity index (χ0) is 31.3. The lowest BCUT2D eigenvalue weighted by Gasteiger charge is -2.37. The maximum absolute atomic E-state index is 15.9. The number of rotatable bonds is 6. The molecule has 0 saturated carbocycles. The Morgan fingerprint density at radius 1 is 1.09 bits per heavy atom. The molecule has 0 bridgehead atoms. The Labute approximate surface area is 256 Å². The first kappa shape index (κ1) is 30.5. The van der Waals surface area contributed by atoms with Gasteiger partial charge >= 0.3 is 5.97 Å². The lowest BCUT2D eigenvalue weighted by Crippen LogP contribution is -2.45. The van der Waals surface area contributed by atoms with Gasteiger partial charge in [0, 0.05) is 33.4 Å². The zero-order valence-electron chi connectivity index (χ0n) is 23.4.